The smallest absolute Gasteiger partial charge is 0.218 e. The predicted octanol–water partition coefficient (Wildman–Crippen LogP) is 3.38. The predicted molar refractivity (Wildman–Crippen MR) is 113 cm³/mol. The van der Waals surface area contributed by atoms with Gasteiger partial charge < -0.3 is 15.3 Å². The lowest BCUT2D eigenvalue weighted by Crippen LogP contribution is -2.18. The Balaban J connectivity index is 1.51. The summed E-state index contributed by atoms with van der Waals surface area (Å²) in [5.74, 6) is 6.92. The van der Waals surface area contributed by atoms with E-state index in [0.29, 0.717) is 28.5 Å². The van der Waals surface area contributed by atoms with Crippen molar-refractivity contribution in [3.63, 3.8) is 0 Å². The highest BCUT2D eigenvalue weighted by Gasteiger charge is 2.20. The van der Waals surface area contributed by atoms with Gasteiger partial charge >= 0.3 is 0 Å². The van der Waals surface area contributed by atoms with Gasteiger partial charge in [0, 0.05) is 0 Å². The molecule has 0 amide bonds. The number of nitrogen functional groups attached to an aromatic ring is 1. The van der Waals surface area contributed by atoms with E-state index in [9.17, 15) is 5.11 Å². The molecule has 5 aromatic rings. The third-order valence-corrected chi connectivity index (χ3v) is 4.83. The SMILES string of the molecule is CC(O)(C#Cc1cn2nc(-c3ccco3)nc2c(N)n1)c1ccc2ccccc2c1. The largest absolute Gasteiger partial charge is 0.461 e. The fraction of sp³-hybridized carbons (Fsp3) is 0.0870. The van der Waals surface area contributed by atoms with Crippen molar-refractivity contribution in [3.05, 3.63) is 78.3 Å². The zero-order valence-electron chi connectivity index (χ0n) is 16.1. The average Bonchev–Trinajstić information content (AvgIpc) is 3.42. The summed E-state index contributed by atoms with van der Waals surface area (Å²) in [5, 5.41) is 17.4. The van der Waals surface area contributed by atoms with Gasteiger partial charge in [-0.2, -0.15) is 0 Å². The Labute approximate surface area is 171 Å². The third kappa shape index (κ3) is 3.15. The highest BCUT2D eigenvalue weighted by molar-refractivity contribution is 5.83. The monoisotopic (exact) mass is 395 g/mol. The van der Waals surface area contributed by atoms with Gasteiger partial charge in [0.2, 0.25) is 5.82 Å². The van der Waals surface area contributed by atoms with Crippen molar-refractivity contribution >= 4 is 22.2 Å². The number of fused-ring (bicyclic) bond motifs is 2. The highest BCUT2D eigenvalue weighted by atomic mass is 16.3. The summed E-state index contributed by atoms with van der Waals surface area (Å²) < 4.78 is 6.84. The molecular weight excluding hydrogens is 378 g/mol. The molecule has 0 fully saturated rings. The molecule has 1 unspecified atom stereocenters. The first-order valence-corrected chi connectivity index (χ1v) is 9.31. The van der Waals surface area contributed by atoms with Gasteiger partial charge in [-0.3, -0.25) is 0 Å². The molecule has 7 heteroatoms. The molecular formula is C23H17N5O2. The maximum Gasteiger partial charge on any atom is 0.218 e. The van der Waals surface area contributed by atoms with Crippen molar-refractivity contribution in [1.29, 1.82) is 0 Å². The number of benzene rings is 2. The molecule has 0 saturated carbocycles. The van der Waals surface area contributed by atoms with Gasteiger partial charge in [-0.15, -0.1) is 5.10 Å². The molecule has 2 aromatic carbocycles. The molecule has 3 heterocycles. The van der Waals surface area contributed by atoms with Crippen LogP contribution in [-0.2, 0) is 5.60 Å². The summed E-state index contributed by atoms with van der Waals surface area (Å²) >= 11 is 0. The van der Waals surface area contributed by atoms with E-state index in [1.54, 1.807) is 31.5 Å². The van der Waals surface area contributed by atoms with E-state index in [0.717, 1.165) is 10.8 Å². The normalized spacial score (nSPS) is 13.1. The van der Waals surface area contributed by atoms with Crippen molar-refractivity contribution < 1.29 is 9.52 Å². The second-order valence-corrected chi connectivity index (χ2v) is 7.08. The molecule has 0 bridgehead atoms. The molecule has 30 heavy (non-hydrogen) atoms. The van der Waals surface area contributed by atoms with Crippen LogP contribution in [0.1, 0.15) is 18.2 Å². The Hall–Kier alpha value is -4.15. The number of anilines is 1. The van der Waals surface area contributed by atoms with Crippen LogP contribution in [0.15, 0.2) is 71.5 Å². The van der Waals surface area contributed by atoms with E-state index in [2.05, 4.69) is 26.9 Å². The molecule has 7 nitrogen and oxygen atoms in total. The van der Waals surface area contributed by atoms with Crippen molar-refractivity contribution in [2.75, 3.05) is 5.73 Å². The van der Waals surface area contributed by atoms with Gasteiger partial charge in [-0.05, 0) is 47.4 Å². The van der Waals surface area contributed by atoms with Gasteiger partial charge in [0.1, 0.15) is 11.3 Å². The number of aromatic nitrogens is 4. The molecule has 0 aliphatic rings. The number of nitrogens with zero attached hydrogens (tertiary/aromatic N) is 4. The fourth-order valence-corrected chi connectivity index (χ4v) is 3.23. The van der Waals surface area contributed by atoms with Crippen LogP contribution in [0, 0.1) is 11.8 Å². The van der Waals surface area contributed by atoms with E-state index >= 15 is 0 Å². The lowest BCUT2D eigenvalue weighted by Gasteiger charge is -2.17. The maximum absolute atomic E-state index is 10.9. The highest BCUT2D eigenvalue weighted by Crippen LogP contribution is 2.25. The Morgan fingerprint density at radius 3 is 2.70 bits per heavy atom. The Kier molecular flexibility index (Phi) is 4.02. The van der Waals surface area contributed by atoms with Crippen LogP contribution in [0.25, 0.3) is 28.0 Å². The van der Waals surface area contributed by atoms with E-state index < -0.39 is 5.60 Å². The van der Waals surface area contributed by atoms with Crippen LogP contribution >= 0.6 is 0 Å². The summed E-state index contributed by atoms with van der Waals surface area (Å²) in [6.07, 6.45) is 3.17. The molecule has 5 rings (SSSR count). The van der Waals surface area contributed by atoms with Crippen molar-refractivity contribution in [2.24, 2.45) is 0 Å². The molecule has 146 valence electrons. The number of hydrogen-bond acceptors (Lipinski definition) is 6. The fourth-order valence-electron chi connectivity index (χ4n) is 3.23. The van der Waals surface area contributed by atoms with Gasteiger partial charge in [0.25, 0.3) is 0 Å². The van der Waals surface area contributed by atoms with Crippen LogP contribution in [0.2, 0.25) is 0 Å². The zero-order chi connectivity index (χ0) is 20.7. The molecule has 0 aliphatic heterocycles. The summed E-state index contributed by atoms with van der Waals surface area (Å²) in [6.45, 7) is 1.65. The first-order valence-electron chi connectivity index (χ1n) is 9.31. The Morgan fingerprint density at radius 1 is 1.07 bits per heavy atom. The molecule has 3 aromatic heterocycles. The van der Waals surface area contributed by atoms with E-state index in [1.807, 2.05) is 42.5 Å². The number of rotatable bonds is 2. The van der Waals surface area contributed by atoms with Gasteiger partial charge in [0.15, 0.2) is 17.2 Å². The summed E-state index contributed by atoms with van der Waals surface area (Å²) in [4.78, 5) is 8.64. The molecule has 0 spiro atoms. The van der Waals surface area contributed by atoms with Gasteiger partial charge in [0.05, 0.1) is 12.5 Å². The minimum atomic E-state index is -1.36. The average molecular weight is 395 g/mol. The van der Waals surface area contributed by atoms with Crippen molar-refractivity contribution in [3.8, 4) is 23.4 Å². The number of nitrogens with two attached hydrogens (primary N) is 1. The minimum Gasteiger partial charge on any atom is -0.461 e. The number of aliphatic hydroxyl groups is 1. The van der Waals surface area contributed by atoms with Crippen LogP contribution < -0.4 is 5.73 Å². The van der Waals surface area contributed by atoms with E-state index in [1.165, 1.54) is 4.52 Å². The van der Waals surface area contributed by atoms with Gasteiger partial charge in [-0.1, -0.05) is 42.3 Å². The van der Waals surface area contributed by atoms with Crippen LogP contribution in [0.5, 0.6) is 0 Å². The van der Waals surface area contributed by atoms with E-state index in [-0.39, 0.29) is 5.82 Å². The Bertz CT molecular complexity index is 1440. The van der Waals surface area contributed by atoms with Crippen LogP contribution in [0.3, 0.4) is 0 Å². The molecule has 0 saturated heterocycles. The first-order chi connectivity index (χ1) is 14.5. The molecule has 0 aliphatic carbocycles. The van der Waals surface area contributed by atoms with Gasteiger partial charge in [-0.25, -0.2) is 14.5 Å². The standard InChI is InChI=1S/C23H17N5O2/c1-23(29,17-9-8-15-5-2-3-6-16(15)13-17)11-10-18-14-28-22(20(24)25-18)26-21(27-28)19-7-4-12-30-19/h2-9,12-14,29H,1H3,(H2,24,25). The van der Waals surface area contributed by atoms with Crippen LogP contribution in [0.4, 0.5) is 5.82 Å². The van der Waals surface area contributed by atoms with Crippen molar-refractivity contribution in [1.82, 2.24) is 19.6 Å². The first kappa shape index (κ1) is 17.9. The number of furan rings is 1. The molecule has 0 radical (unpaired) electrons. The summed E-state index contributed by atoms with van der Waals surface area (Å²) in [7, 11) is 0. The molecule has 1 atom stereocenters. The summed E-state index contributed by atoms with van der Waals surface area (Å²) in [6, 6.07) is 17.3. The summed E-state index contributed by atoms with van der Waals surface area (Å²) in [5.41, 5.74) is 6.16. The second-order valence-electron chi connectivity index (χ2n) is 7.08. The maximum atomic E-state index is 10.9. The lowest BCUT2D eigenvalue weighted by atomic mass is 9.94. The minimum absolute atomic E-state index is 0.192. The zero-order valence-corrected chi connectivity index (χ0v) is 16.1. The number of hydrogen-bond donors (Lipinski definition) is 2. The quantitative estimate of drug-likeness (QED) is 0.444. The lowest BCUT2D eigenvalue weighted by molar-refractivity contribution is 0.122. The van der Waals surface area contributed by atoms with E-state index in [4.69, 9.17) is 10.2 Å². The second kappa shape index (κ2) is 6.72. The van der Waals surface area contributed by atoms with Crippen molar-refractivity contribution in [2.45, 2.75) is 12.5 Å². The molecule has 3 N–H and O–H groups in total. The topological polar surface area (TPSA) is 102 Å². The third-order valence-electron chi connectivity index (χ3n) is 4.83. The van der Waals surface area contributed by atoms with Crippen LogP contribution in [-0.4, -0.2) is 24.7 Å². The Morgan fingerprint density at radius 2 is 1.90 bits per heavy atom.